The van der Waals surface area contributed by atoms with Crippen molar-refractivity contribution in [3.63, 3.8) is 0 Å². The quantitative estimate of drug-likeness (QED) is 0.567. The first kappa shape index (κ1) is 17.1. The van der Waals surface area contributed by atoms with Gasteiger partial charge in [-0.15, -0.1) is 0 Å². The third kappa shape index (κ3) is 3.73. The molecule has 2 rings (SSSR count). The van der Waals surface area contributed by atoms with Gasteiger partial charge < -0.3 is 10.2 Å². The molecular weight excluding hydrogens is 316 g/mol. The van der Waals surface area contributed by atoms with Crippen LogP contribution in [0.4, 0.5) is 0 Å². The Morgan fingerprint density at radius 2 is 2.04 bits per heavy atom. The zero-order chi connectivity index (χ0) is 17.1. The number of sulfonamides is 1. The summed E-state index contributed by atoms with van der Waals surface area (Å²) in [4.78, 5) is 2.18. The number of hydrogen-bond donors (Lipinski definition) is 3. The van der Waals surface area contributed by atoms with E-state index in [1.807, 2.05) is 18.2 Å². The highest BCUT2D eigenvalue weighted by atomic mass is 32.2. The average molecular weight is 336 g/mol. The number of nitrogens with one attached hydrogen (secondary N) is 1. The van der Waals surface area contributed by atoms with E-state index in [-0.39, 0.29) is 11.5 Å². The lowest BCUT2D eigenvalue weighted by molar-refractivity contribution is 0.441. The molecule has 0 saturated carbocycles. The Labute approximate surface area is 135 Å². The Morgan fingerprint density at radius 3 is 2.61 bits per heavy atom. The van der Waals surface area contributed by atoms with E-state index in [1.54, 1.807) is 26.0 Å². The highest BCUT2D eigenvalue weighted by molar-refractivity contribution is 7.90. The van der Waals surface area contributed by atoms with Crippen molar-refractivity contribution >= 4 is 16.2 Å². The molecule has 7 heteroatoms. The van der Waals surface area contributed by atoms with Crippen LogP contribution in [0.3, 0.4) is 0 Å². The van der Waals surface area contributed by atoms with Crippen LogP contribution in [0.25, 0.3) is 0 Å². The first-order chi connectivity index (χ1) is 10.8. The van der Waals surface area contributed by atoms with E-state index in [1.165, 1.54) is 18.3 Å². The Morgan fingerprint density at radius 1 is 1.30 bits per heavy atom. The van der Waals surface area contributed by atoms with E-state index in [0.717, 1.165) is 0 Å². The summed E-state index contributed by atoms with van der Waals surface area (Å²) in [6, 6.07) is 4.31. The summed E-state index contributed by atoms with van der Waals surface area (Å²) in [5.41, 5.74) is -0.255. The van der Waals surface area contributed by atoms with Gasteiger partial charge >= 0.3 is 0 Å². The van der Waals surface area contributed by atoms with Crippen molar-refractivity contribution in [3.8, 4) is 11.5 Å². The molecule has 0 saturated heterocycles. The summed E-state index contributed by atoms with van der Waals surface area (Å²) in [6.07, 6.45) is 9.36. The highest BCUT2D eigenvalue weighted by Crippen LogP contribution is 2.38. The zero-order valence-electron chi connectivity index (χ0n) is 13.0. The zero-order valence-corrected chi connectivity index (χ0v) is 13.8. The molecule has 0 radical (unpaired) electrons. The standard InChI is InChI=1S/C16H20N2O4S/c1-12(2)23(21,22)18-17-11-16(8-4-3-5-9-16)14-7-6-13(19)10-15(14)20/h3-8,10-12,18-20H,9H2,1-2H3. The number of hydrazone groups is 1. The number of allylic oxidation sites excluding steroid dienone is 4. The Kier molecular flexibility index (Phi) is 4.79. The molecular formula is C16H20N2O4S. The average Bonchev–Trinajstić information content (AvgIpc) is 2.47. The largest absolute Gasteiger partial charge is 0.508 e. The lowest BCUT2D eigenvalue weighted by Gasteiger charge is -2.28. The maximum absolute atomic E-state index is 11.8. The fourth-order valence-corrected chi connectivity index (χ4v) is 2.65. The van der Waals surface area contributed by atoms with Crippen molar-refractivity contribution in [2.75, 3.05) is 0 Å². The summed E-state index contributed by atoms with van der Waals surface area (Å²) >= 11 is 0. The van der Waals surface area contributed by atoms with Crippen LogP contribution in [0.15, 0.2) is 47.6 Å². The molecule has 0 fully saturated rings. The number of benzene rings is 1. The Hall–Kier alpha value is -2.28. The fourth-order valence-electron chi connectivity index (χ4n) is 2.24. The predicted molar refractivity (Wildman–Crippen MR) is 90.0 cm³/mol. The maximum atomic E-state index is 11.8. The minimum absolute atomic E-state index is 0.0471. The van der Waals surface area contributed by atoms with Crippen molar-refractivity contribution in [3.05, 3.63) is 48.1 Å². The van der Waals surface area contributed by atoms with Gasteiger partial charge in [0.2, 0.25) is 10.0 Å². The Balaban J connectivity index is 2.38. The van der Waals surface area contributed by atoms with Gasteiger partial charge in [-0.3, -0.25) is 0 Å². The van der Waals surface area contributed by atoms with Crippen LogP contribution in [0.2, 0.25) is 0 Å². The second kappa shape index (κ2) is 6.45. The fraction of sp³-hybridized carbons (Fsp3) is 0.312. The Bertz CT molecular complexity index is 766. The van der Waals surface area contributed by atoms with Crippen LogP contribution in [0.1, 0.15) is 25.8 Å². The number of hydrogen-bond acceptors (Lipinski definition) is 5. The molecule has 0 heterocycles. The van der Waals surface area contributed by atoms with Crippen molar-refractivity contribution < 1.29 is 18.6 Å². The van der Waals surface area contributed by atoms with Gasteiger partial charge in [0, 0.05) is 17.8 Å². The molecule has 1 aliphatic rings. The van der Waals surface area contributed by atoms with Crippen molar-refractivity contribution in [2.45, 2.75) is 30.9 Å². The second-order valence-electron chi connectivity index (χ2n) is 5.68. The number of phenolic OH excluding ortho intramolecular Hbond substituents is 2. The van der Waals surface area contributed by atoms with Crippen LogP contribution >= 0.6 is 0 Å². The van der Waals surface area contributed by atoms with Gasteiger partial charge in [-0.1, -0.05) is 30.4 Å². The highest BCUT2D eigenvalue weighted by Gasteiger charge is 2.31. The van der Waals surface area contributed by atoms with Gasteiger partial charge in [0.05, 0.1) is 10.7 Å². The molecule has 1 unspecified atom stereocenters. The molecule has 0 amide bonds. The van der Waals surface area contributed by atoms with Gasteiger partial charge in [-0.25, -0.2) is 13.2 Å². The number of phenols is 2. The molecule has 0 bridgehead atoms. The lowest BCUT2D eigenvalue weighted by atomic mass is 9.76. The van der Waals surface area contributed by atoms with Gasteiger partial charge in [0.1, 0.15) is 11.5 Å². The molecule has 23 heavy (non-hydrogen) atoms. The van der Waals surface area contributed by atoms with E-state index in [9.17, 15) is 18.6 Å². The van der Waals surface area contributed by atoms with Crippen LogP contribution in [0.5, 0.6) is 11.5 Å². The van der Waals surface area contributed by atoms with Crippen molar-refractivity contribution in [1.82, 2.24) is 4.83 Å². The van der Waals surface area contributed by atoms with E-state index in [0.29, 0.717) is 12.0 Å². The van der Waals surface area contributed by atoms with Crippen LogP contribution in [0, 0.1) is 0 Å². The van der Waals surface area contributed by atoms with Crippen LogP contribution in [-0.2, 0) is 15.4 Å². The minimum atomic E-state index is -3.52. The van der Waals surface area contributed by atoms with E-state index < -0.39 is 20.7 Å². The first-order valence-electron chi connectivity index (χ1n) is 7.18. The lowest BCUT2D eigenvalue weighted by Crippen LogP contribution is -2.31. The SMILES string of the molecule is CC(C)S(=O)(=O)NN=CC1(c2ccc(O)cc2O)C=CC=CC1. The number of aromatic hydroxyl groups is 2. The van der Waals surface area contributed by atoms with E-state index in [4.69, 9.17) is 0 Å². The molecule has 124 valence electrons. The summed E-state index contributed by atoms with van der Waals surface area (Å²) < 4.78 is 23.6. The van der Waals surface area contributed by atoms with Gasteiger partial charge in [0.25, 0.3) is 0 Å². The first-order valence-corrected chi connectivity index (χ1v) is 8.73. The molecule has 3 N–H and O–H groups in total. The van der Waals surface area contributed by atoms with E-state index >= 15 is 0 Å². The number of rotatable bonds is 5. The monoisotopic (exact) mass is 336 g/mol. The molecule has 1 aliphatic carbocycles. The third-order valence-corrected chi connectivity index (χ3v) is 5.28. The van der Waals surface area contributed by atoms with E-state index in [2.05, 4.69) is 9.93 Å². The van der Waals surface area contributed by atoms with Crippen molar-refractivity contribution in [2.24, 2.45) is 5.10 Å². The van der Waals surface area contributed by atoms with Gasteiger partial charge in [0.15, 0.2) is 0 Å². The topological polar surface area (TPSA) is 99.0 Å². The summed E-state index contributed by atoms with van der Waals surface area (Å²) in [7, 11) is -3.52. The van der Waals surface area contributed by atoms with Gasteiger partial charge in [-0.2, -0.15) is 5.10 Å². The second-order valence-corrected chi connectivity index (χ2v) is 7.89. The smallest absolute Gasteiger partial charge is 0.249 e. The summed E-state index contributed by atoms with van der Waals surface area (Å²) in [6.45, 7) is 3.12. The summed E-state index contributed by atoms with van der Waals surface area (Å²) in [5.74, 6) is -0.128. The van der Waals surface area contributed by atoms with Crippen LogP contribution < -0.4 is 4.83 Å². The minimum Gasteiger partial charge on any atom is -0.508 e. The molecule has 1 aromatic rings. The van der Waals surface area contributed by atoms with Crippen LogP contribution in [-0.4, -0.2) is 30.1 Å². The normalized spacial score (nSPS) is 21.2. The maximum Gasteiger partial charge on any atom is 0.249 e. The molecule has 0 spiro atoms. The third-order valence-electron chi connectivity index (χ3n) is 3.67. The molecule has 0 aliphatic heterocycles. The molecule has 6 nitrogen and oxygen atoms in total. The number of nitrogens with zero attached hydrogens (tertiary/aromatic N) is 1. The molecule has 1 atom stereocenters. The predicted octanol–water partition coefficient (Wildman–Crippen LogP) is 2.17. The van der Waals surface area contributed by atoms with Gasteiger partial charge in [-0.05, 0) is 26.3 Å². The summed E-state index contributed by atoms with van der Waals surface area (Å²) in [5, 5.41) is 22.9. The molecule has 0 aromatic heterocycles. The van der Waals surface area contributed by atoms with Crippen molar-refractivity contribution in [1.29, 1.82) is 0 Å². The molecule has 1 aromatic carbocycles.